The summed E-state index contributed by atoms with van der Waals surface area (Å²) in [7, 11) is 0. The molecule has 0 bridgehead atoms. The van der Waals surface area contributed by atoms with Crippen LogP contribution in [0.3, 0.4) is 0 Å². The zero-order chi connectivity index (χ0) is 20.4. The molecule has 5 nitrogen and oxygen atoms in total. The van der Waals surface area contributed by atoms with Gasteiger partial charge in [-0.1, -0.05) is 40.2 Å². The molecule has 0 saturated carbocycles. The van der Waals surface area contributed by atoms with Gasteiger partial charge in [-0.25, -0.2) is 4.39 Å². The zero-order valence-electron chi connectivity index (χ0n) is 15.4. The number of nitrogens with zero attached hydrogens (tertiary/aromatic N) is 1. The van der Waals surface area contributed by atoms with Crippen LogP contribution in [0.15, 0.2) is 69.8 Å². The van der Waals surface area contributed by atoms with Crippen LogP contribution in [0.25, 0.3) is 0 Å². The lowest BCUT2D eigenvalue weighted by atomic mass is 9.93. The first-order valence-electron chi connectivity index (χ1n) is 9.15. The molecule has 0 aliphatic carbocycles. The van der Waals surface area contributed by atoms with Crippen LogP contribution in [-0.4, -0.2) is 22.8 Å². The Morgan fingerprint density at radius 1 is 1.14 bits per heavy atom. The second-order valence-corrected chi connectivity index (χ2v) is 7.81. The number of rotatable bonds is 4. The standard InChI is InChI=1S/C22H18BrFN2O3/c23-17-8-14(9-18(24)11-17)12-25-21(27)19-10-15-4-1-2-5-16(15)13-26(19)22(28)20-6-3-7-29-20/h1-9,11,19H,10,12-13H2,(H,25,27). The fourth-order valence-electron chi connectivity index (χ4n) is 3.53. The highest BCUT2D eigenvalue weighted by atomic mass is 79.9. The molecule has 0 spiro atoms. The lowest BCUT2D eigenvalue weighted by Crippen LogP contribution is -2.52. The molecule has 1 aliphatic rings. The molecule has 29 heavy (non-hydrogen) atoms. The number of carbonyl (C=O) groups is 2. The minimum Gasteiger partial charge on any atom is -0.459 e. The Morgan fingerprint density at radius 3 is 2.66 bits per heavy atom. The van der Waals surface area contributed by atoms with Gasteiger partial charge < -0.3 is 14.6 Å². The van der Waals surface area contributed by atoms with E-state index >= 15 is 0 Å². The number of halogens is 2. The number of furan rings is 1. The normalized spacial score (nSPS) is 15.7. The van der Waals surface area contributed by atoms with Gasteiger partial charge in [0.05, 0.1) is 6.26 Å². The summed E-state index contributed by atoms with van der Waals surface area (Å²) < 4.78 is 19.4. The highest BCUT2D eigenvalue weighted by molar-refractivity contribution is 9.10. The molecule has 1 N–H and O–H groups in total. The first-order chi connectivity index (χ1) is 14.0. The van der Waals surface area contributed by atoms with Crippen LogP contribution >= 0.6 is 15.9 Å². The summed E-state index contributed by atoms with van der Waals surface area (Å²) >= 11 is 3.25. The molecule has 0 saturated heterocycles. The van der Waals surface area contributed by atoms with E-state index in [4.69, 9.17) is 4.42 Å². The van der Waals surface area contributed by atoms with Crippen molar-refractivity contribution in [2.75, 3.05) is 0 Å². The number of nitrogens with one attached hydrogen (secondary N) is 1. The van der Waals surface area contributed by atoms with Crippen molar-refractivity contribution < 1.29 is 18.4 Å². The fraction of sp³-hybridized carbons (Fsp3) is 0.182. The molecule has 4 rings (SSSR count). The Kier molecular flexibility index (Phi) is 5.49. The van der Waals surface area contributed by atoms with Crippen LogP contribution in [0.4, 0.5) is 4.39 Å². The van der Waals surface area contributed by atoms with Gasteiger partial charge in [-0.3, -0.25) is 9.59 Å². The van der Waals surface area contributed by atoms with Crippen LogP contribution in [0.5, 0.6) is 0 Å². The number of hydrogen-bond acceptors (Lipinski definition) is 3. The van der Waals surface area contributed by atoms with E-state index in [0.29, 0.717) is 23.0 Å². The van der Waals surface area contributed by atoms with E-state index in [2.05, 4.69) is 21.2 Å². The lowest BCUT2D eigenvalue weighted by molar-refractivity contribution is -0.126. The van der Waals surface area contributed by atoms with Crippen LogP contribution in [0.2, 0.25) is 0 Å². The van der Waals surface area contributed by atoms with Crippen molar-refractivity contribution in [3.05, 3.63) is 93.6 Å². The van der Waals surface area contributed by atoms with E-state index in [-0.39, 0.29) is 29.9 Å². The first-order valence-corrected chi connectivity index (χ1v) is 9.94. The molecule has 1 unspecified atom stereocenters. The van der Waals surface area contributed by atoms with Crippen LogP contribution in [0, 0.1) is 5.82 Å². The van der Waals surface area contributed by atoms with Crippen molar-refractivity contribution in [1.29, 1.82) is 0 Å². The molecule has 2 amide bonds. The Labute approximate surface area is 175 Å². The maximum absolute atomic E-state index is 13.6. The van der Waals surface area contributed by atoms with Gasteiger partial charge in [0.1, 0.15) is 11.9 Å². The van der Waals surface area contributed by atoms with Crippen molar-refractivity contribution in [2.24, 2.45) is 0 Å². The van der Waals surface area contributed by atoms with Gasteiger partial charge in [0.2, 0.25) is 5.91 Å². The minimum atomic E-state index is -0.681. The molecule has 0 fully saturated rings. The van der Waals surface area contributed by atoms with Crippen molar-refractivity contribution in [2.45, 2.75) is 25.6 Å². The molecule has 7 heteroatoms. The number of hydrogen-bond donors (Lipinski definition) is 1. The largest absolute Gasteiger partial charge is 0.459 e. The Bertz CT molecular complexity index is 1030. The highest BCUT2D eigenvalue weighted by Gasteiger charge is 2.35. The average Bonchev–Trinajstić information content (AvgIpc) is 3.24. The highest BCUT2D eigenvalue weighted by Crippen LogP contribution is 2.25. The lowest BCUT2D eigenvalue weighted by Gasteiger charge is -2.35. The van der Waals surface area contributed by atoms with E-state index in [1.54, 1.807) is 18.2 Å². The topological polar surface area (TPSA) is 62.6 Å². The van der Waals surface area contributed by atoms with Crippen LogP contribution < -0.4 is 5.32 Å². The third kappa shape index (κ3) is 4.24. The molecule has 3 aromatic rings. The van der Waals surface area contributed by atoms with Crippen molar-refractivity contribution in [1.82, 2.24) is 10.2 Å². The number of fused-ring (bicyclic) bond motifs is 1. The van der Waals surface area contributed by atoms with Crippen molar-refractivity contribution in [3.63, 3.8) is 0 Å². The van der Waals surface area contributed by atoms with E-state index in [0.717, 1.165) is 11.1 Å². The van der Waals surface area contributed by atoms with Gasteiger partial charge in [0.25, 0.3) is 5.91 Å². The van der Waals surface area contributed by atoms with Gasteiger partial charge in [0, 0.05) is 24.0 Å². The van der Waals surface area contributed by atoms with Gasteiger partial charge in [-0.05, 0) is 47.0 Å². The average molecular weight is 457 g/mol. The van der Waals surface area contributed by atoms with Gasteiger partial charge in [-0.2, -0.15) is 0 Å². The third-order valence-corrected chi connectivity index (χ3v) is 5.39. The van der Waals surface area contributed by atoms with Gasteiger partial charge in [-0.15, -0.1) is 0 Å². The predicted octanol–water partition coefficient (Wildman–Crippen LogP) is 4.06. The zero-order valence-corrected chi connectivity index (χ0v) is 17.0. The number of amides is 2. The minimum absolute atomic E-state index is 0.163. The maximum Gasteiger partial charge on any atom is 0.290 e. The maximum atomic E-state index is 13.6. The molecule has 1 aliphatic heterocycles. The molecule has 0 radical (unpaired) electrons. The van der Waals surface area contributed by atoms with E-state index in [1.807, 2.05) is 24.3 Å². The van der Waals surface area contributed by atoms with E-state index in [1.165, 1.54) is 23.3 Å². The summed E-state index contributed by atoms with van der Waals surface area (Å²) in [5, 5.41) is 2.83. The Morgan fingerprint density at radius 2 is 1.93 bits per heavy atom. The smallest absolute Gasteiger partial charge is 0.290 e. The molecule has 1 aromatic heterocycles. The van der Waals surface area contributed by atoms with E-state index in [9.17, 15) is 14.0 Å². The summed E-state index contributed by atoms with van der Waals surface area (Å²) in [4.78, 5) is 27.5. The SMILES string of the molecule is O=C(NCc1cc(F)cc(Br)c1)C1Cc2ccccc2CN1C(=O)c1ccco1. The molecule has 1 atom stereocenters. The van der Waals surface area contributed by atoms with Crippen LogP contribution in [0.1, 0.15) is 27.2 Å². The molecule has 2 heterocycles. The van der Waals surface area contributed by atoms with E-state index < -0.39 is 6.04 Å². The first kappa shape index (κ1) is 19.4. The quantitative estimate of drug-likeness (QED) is 0.643. The predicted molar refractivity (Wildman–Crippen MR) is 108 cm³/mol. The summed E-state index contributed by atoms with van der Waals surface area (Å²) in [5.74, 6) is -0.820. The van der Waals surface area contributed by atoms with Crippen molar-refractivity contribution >= 4 is 27.7 Å². The second-order valence-electron chi connectivity index (χ2n) is 6.89. The summed E-state index contributed by atoms with van der Waals surface area (Å²) in [6.07, 6.45) is 1.84. The summed E-state index contributed by atoms with van der Waals surface area (Å²) in [5.41, 5.74) is 2.67. The molecule has 2 aromatic carbocycles. The van der Waals surface area contributed by atoms with Gasteiger partial charge >= 0.3 is 0 Å². The summed E-state index contributed by atoms with van der Waals surface area (Å²) in [6, 6.07) is 14.8. The third-order valence-electron chi connectivity index (χ3n) is 4.93. The van der Waals surface area contributed by atoms with Crippen molar-refractivity contribution in [3.8, 4) is 0 Å². The molecular weight excluding hydrogens is 439 g/mol. The number of carbonyl (C=O) groups excluding carboxylic acids is 2. The summed E-state index contributed by atoms with van der Waals surface area (Å²) in [6.45, 7) is 0.482. The molecule has 148 valence electrons. The monoisotopic (exact) mass is 456 g/mol. The number of benzene rings is 2. The van der Waals surface area contributed by atoms with Crippen LogP contribution in [-0.2, 0) is 24.3 Å². The fourth-order valence-corrected chi connectivity index (χ4v) is 4.05. The Hall–Kier alpha value is -2.93. The second kappa shape index (κ2) is 8.21. The molecular formula is C22H18BrFN2O3. The van der Waals surface area contributed by atoms with Gasteiger partial charge in [0.15, 0.2) is 5.76 Å². The Balaban J connectivity index is 1.56.